The number of hydrogen-bond donors (Lipinski definition) is 1. The third kappa shape index (κ3) is 1.33. The normalized spacial score (nSPS) is 17.8. The van der Waals surface area contributed by atoms with Gasteiger partial charge in [-0.05, 0) is 11.6 Å². The van der Waals surface area contributed by atoms with Gasteiger partial charge >= 0.3 is 0 Å². The van der Waals surface area contributed by atoms with Gasteiger partial charge in [0.05, 0.1) is 18.2 Å². The summed E-state index contributed by atoms with van der Waals surface area (Å²) in [6, 6.07) is 10.3. The first-order valence-electron chi connectivity index (χ1n) is 4.47. The van der Waals surface area contributed by atoms with Crippen LogP contribution in [0.5, 0.6) is 0 Å². The van der Waals surface area contributed by atoms with Crippen molar-refractivity contribution in [1.82, 2.24) is 5.32 Å². The fourth-order valence-electron chi connectivity index (χ4n) is 1.71. The van der Waals surface area contributed by atoms with Crippen LogP contribution in [0.3, 0.4) is 0 Å². The van der Waals surface area contributed by atoms with Crippen LogP contribution in [0.1, 0.15) is 22.0 Å². The van der Waals surface area contributed by atoms with E-state index in [0.717, 1.165) is 5.56 Å². The van der Waals surface area contributed by atoms with Crippen LogP contribution in [0.25, 0.3) is 0 Å². The summed E-state index contributed by atoms with van der Waals surface area (Å²) in [5.41, 5.74) is 1.29. The number of carbonyl (C=O) groups excluding carboxylic acids is 1. The van der Waals surface area contributed by atoms with Gasteiger partial charge in [-0.15, -0.1) is 0 Å². The molecule has 0 radical (unpaired) electrons. The highest BCUT2D eigenvalue weighted by atomic mass is 16.2. The van der Waals surface area contributed by atoms with E-state index in [4.69, 9.17) is 10.5 Å². The highest BCUT2D eigenvalue weighted by Gasteiger charge is 2.33. The molecular formula is C11H7N3O. The Morgan fingerprint density at radius 1 is 1.27 bits per heavy atom. The van der Waals surface area contributed by atoms with Crippen molar-refractivity contribution >= 4 is 5.91 Å². The number of carbonyl (C=O) groups is 1. The van der Waals surface area contributed by atoms with Crippen molar-refractivity contribution in [1.29, 1.82) is 10.5 Å². The van der Waals surface area contributed by atoms with E-state index in [1.165, 1.54) is 0 Å². The molecule has 4 heteroatoms. The second-order valence-electron chi connectivity index (χ2n) is 3.27. The molecule has 1 heterocycles. The fourth-order valence-corrected chi connectivity index (χ4v) is 1.71. The number of benzene rings is 1. The number of nitrogens with one attached hydrogen (secondary N) is 1. The maximum Gasteiger partial charge on any atom is 0.252 e. The second kappa shape index (κ2) is 3.43. The van der Waals surface area contributed by atoms with Crippen LogP contribution in [0.4, 0.5) is 0 Å². The van der Waals surface area contributed by atoms with Crippen LogP contribution in [-0.4, -0.2) is 5.91 Å². The van der Waals surface area contributed by atoms with E-state index in [2.05, 4.69) is 5.32 Å². The smallest absolute Gasteiger partial charge is 0.252 e. The number of hydrogen-bond acceptors (Lipinski definition) is 3. The highest BCUT2D eigenvalue weighted by Crippen LogP contribution is 2.30. The SMILES string of the molecule is N#CC(C#N)C1NC(=O)c2ccccc21. The zero-order valence-corrected chi connectivity index (χ0v) is 7.77. The summed E-state index contributed by atoms with van der Waals surface area (Å²) in [6.07, 6.45) is 0. The molecule has 0 bridgehead atoms. The molecule has 0 aliphatic carbocycles. The number of rotatable bonds is 1. The topological polar surface area (TPSA) is 76.7 Å². The summed E-state index contributed by atoms with van der Waals surface area (Å²) < 4.78 is 0. The van der Waals surface area contributed by atoms with Gasteiger partial charge in [0, 0.05) is 5.56 Å². The van der Waals surface area contributed by atoms with Gasteiger partial charge in [0.2, 0.25) is 0 Å². The zero-order valence-electron chi connectivity index (χ0n) is 7.77. The minimum atomic E-state index is -0.836. The molecular weight excluding hydrogens is 190 g/mol. The van der Waals surface area contributed by atoms with Crippen LogP contribution in [-0.2, 0) is 0 Å². The van der Waals surface area contributed by atoms with Gasteiger partial charge in [-0.25, -0.2) is 0 Å². The van der Waals surface area contributed by atoms with Gasteiger partial charge in [-0.3, -0.25) is 4.79 Å². The summed E-state index contributed by atoms with van der Waals surface area (Å²) in [4.78, 5) is 11.5. The molecule has 0 aromatic heterocycles. The summed E-state index contributed by atoms with van der Waals surface area (Å²) in [7, 11) is 0. The Labute approximate surface area is 86.7 Å². The second-order valence-corrected chi connectivity index (χ2v) is 3.27. The quantitative estimate of drug-likeness (QED) is 0.733. The summed E-state index contributed by atoms with van der Waals surface area (Å²) >= 11 is 0. The molecule has 1 atom stereocenters. The molecule has 4 nitrogen and oxygen atoms in total. The largest absolute Gasteiger partial charge is 0.343 e. The first-order valence-corrected chi connectivity index (χ1v) is 4.47. The summed E-state index contributed by atoms with van der Waals surface area (Å²) in [5.74, 6) is -1.05. The van der Waals surface area contributed by atoms with Crippen molar-refractivity contribution in [3.05, 3.63) is 35.4 Å². The first-order chi connectivity index (χ1) is 7.27. The maximum absolute atomic E-state index is 11.5. The molecule has 72 valence electrons. The highest BCUT2D eigenvalue weighted by molar-refractivity contribution is 5.99. The first kappa shape index (κ1) is 9.23. The Hall–Kier alpha value is -2.33. The summed E-state index contributed by atoms with van der Waals surface area (Å²) in [5, 5.41) is 20.2. The minimum Gasteiger partial charge on any atom is -0.343 e. The summed E-state index contributed by atoms with van der Waals surface area (Å²) in [6.45, 7) is 0. The zero-order chi connectivity index (χ0) is 10.8. The standard InChI is InChI=1S/C11H7N3O/c12-5-7(6-13)10-8-3-1-2-4-9(8)11(15)14-10/h1-4,7,10H,(H,14,15). The molecule has 2 rings (SSSR count). The lowest BCUT2D eigenvalue weighted by Crippen LogP contribution is -2.24. The number of amides is 1. The molecule has 0 saturated heterocycles. The van der Waals surface area contributed by atoms with Crippen molar-refractivity contribution in [2.75, 3.05) is 0 Å². The molecule has 1 unspecified atom stereocenters. The Balaban J connectivity index is 2.47. The van der Waals surface area contributed by atoms with Crippen molar-refractivity contribution in [2.45, 2.75) is 6.04 Å². The predicted octanol–water partition coefficient (Wildman–Crippen LogP) is 1.13. The molecule has 0 saturated carbocycles. The molecule has 1 aliphatic heterocycles. The van der Waals surface area contributed by atoms with Gasteiger partial charge in [-0.1, -0.05) is 18.2 Å². The van der Waals surface area contributed by atoms with Crippen LogP contribution in [0.15, 0.2) is 24.3 Å². The van der Waals surface area contributed by atoms with Gasteiger partial charge in [-0.2, -0.15) is 10.5 Å². The van der Waals surface area contributed by atoms with Gasteiger partial charge in [0.1, 0.15) is 0 Å². The van der Waals surface area contributed by atoms with Crippen molar-refractivity contribution in [3.8, 4) is 12.1 Å². The monoisotopic (exact) mass is 197 g/mol. The van der Waals surface area contributed by atoms with E-state index in [-0.39, 0.29) is 5.91 Å². The molecule has 1 N–H and O–H groups in total. The molecule has 1 amide bonds. The molecule has 1 aromatic rings. The van der Waals surface area contributed by atoms with E-state index in [1.807, 2.05) is 12.1 Å². The molecule has 1 aliphatic rings. The number of fused-ring (bicyclic) bond motifs is 1. The lowest BCUT2D eigenvalue weighted by Gasteiger charge is -2.10. The Kier molecular flexibility index (Phi) is 2.11. The molecule has 0 spiro atoms. The van der Waals surface area contributed by atoms with Gasteiger partial charge in [0.15, 0.2) is 5.92 Å². The third-order valence-corrected chi connectivity index (χ3v) is 2.44. The predicted molar refractivity (Wildman–Crippen MR) is 51.4 cm³/mol. The molecule has 1 aromatic carbocycles. The van der Waals surface area contributed by atoms with E-state index in [1.54, 1.807) is 24.3 Å². The van der Waals surface area contributed by atoms with Crippen LogP contribution < -0.4 is 5.32 Å². The molecule has 0 fully saturated rings. The van der Waals surface area contributed by atoms with Gasteiger partial charge < -0.3 is 5.32 Å². The van der Waals surface area contributed by atoms with Gasteiger partial charge in [0.25, 0.3) is 5.91 Å². The van der Waals surface area contributed by atoms with E-state index < -0.39 is 12.0 Å². The van der Waals surface area contributed by atoms with Crippen LogP contribution >= 0.6 is 0 Å². The lowest BCUT2D eigenvalue weighted by atomic mass is 9.95. The Morgan fingerprint density at radius 3 is 2.60 bits per heavy atom. The molecule has 15 heavy (non-hydrogen) atoms. The average Bonchev–Trinajstić information content (AvgIpc) is 2.60. The van der Waals surface area contributed by atoms with Crippen molar-refractivity contribution in [2.24, 2.45) is 5.92 Å². The minimum absolute atomic E-state index is 0.217. The van der Waals surface area contributed by atoms with E-state index >= 15 is 0 Å². The maximum atomic E-state index is 11.5. The fraction of sp³-hybridized carbons (Fsp3) is 0.182. The van der Waals surface area contributed by atoms with Crippen molar-refractivity contribution in [3.63, 3.8) is 0 Å². The number of nitriles is 2. The Bertz CT molecular complexity index is 481. The average molecular weight is 197 g/mol. The van der Waals surface area contributed by atoms with Crippen molar-refractivity contribution < 1.29 is 4.79 Å². The Morgan fingerprint density at radius 2 is 1.93 bits per heavy atom. The number of nitrogens with zero attached hydrogens (tertiary/aromatic N) is 2. The third-order valence-electron chi connectivity index (χ3n) is 2.44. The van der Waals surface area contributed by atoms with E-state index in [0.29, 0.717) is 5.56 Å². The van der Waals surface area contributed by atoms with E-state index in [9.17, 15) is 4.79 Å². The lowest BCUT2D eigenvalue weighted by molar-refractivity contribution is 0.0953. The van der Waals surface area contributed by atoms with Crippen LogP contribution in [0.2, 0.25) is 0 Å². The van der Waals surface area contributed by atoms with Crippen LogP contribution in [0, 0.1) is 28.6 Å².